The van der Waals surface area contributed by atoms with Gasteiger partial charge in [-0.2, -0.15) is 0 Å². The molecule has 2 N–H and O–H groups in total. The van der Waals surface area contributed by atoms with Gasteiger partial charge in [0.15, 0.2) is 0 Å². The molecule has 0 aromatic heterocycles. The smallest absolute Gasteiger partial charge is 0.336 e. The van der Waals surface area contributed by atoms with Gasteiger partial charge in [0.2, 0.25) is 0 Å². The van der Waals surface area contributed by atoms with Crippen LogP contribution in [0.4, 0.5) is 0 Å². The van der Waals surface area contributed by atoms with Crippen molar-refractivity contribution in [2.24, 2.45) is 0 Å². The number of hydrogen-bond acceptors (Lipinski definition) is 2. The minimum absolute atomic E-state index is 0.232. The van der Waals surface area contributed by atoms with Crippen molar-refractivity contribution >= 4 is 11.9 Å². The molecule has 23 heavy (non-hydrogen) atoms. The number of carboxylic acid groups (broad SMARTS) is 2. The first-order valence-electron chi connectivity index (χ1n) is 7.34. The van der Waals surface area contributed by atoms with Gasteiger partial charge in [-0.3, -0.25) is 0 Å². The molecule has 4 nitrogen and oxygen atoms in total. The van der Waals surface area contributed by atoms with Crippen LogP contribution in [0.15, 0.2) is 36.4 Å². The Morgan fingerprint density at radius 2 is 1.13 bits per heavy atom. The largest absolute Gasteiger partial charge is 0.478 e. The molecule has 120 valence electrons. The van der Waals surface area contributed by atoms with Gasteiger partial charge >= 0.3 is 11.9 Å². The summed E-state index contributed by atoms with van der Waals surface area (Å²) in [6.45, 7) is 7.21. The lowest BCUT2D eigenvalue weighted by atomic mass is 9.73. The van der Waals surface area contributed by atoms with Gasteiger partial charge in [0.05, 0.1) is 11.1 Å². The fraction of sp³-hybridized carbons (Fsp3) is 0.263. The van der Waals surface area contributed by atoms with Crippen molar-refractivity contribution in [1.29, 1.82) is 0 Å². The fourth-order valence-electron chi connectivity index (χ4n) is 3.09. The number of aromatic carboxylic acids is 2. The minimum atomic E-state index is -1.00. The van der Waals surface area contributed by atoms with Crippen LogP contribution in [0, 0.1) is 13.8 Å². The first kappa shape index (κ1) is 16.7. The van der Waals surface area contributed by atoms with E-state index in [1.54, 1.807) is 50.2 Å². The highest BCUT2D eigenvalue weighted by molar-refractivity contribution is 5.94. The summed E-state index contributed by atoms with van der Waals surface area (Å²) in [4.78, 5) is 23.4. The zero-order chi connectivity index (χ0) is 17.4. The van der Waals surface area contributed by atoms with Gasteiger partial charge < -0.3 is 10.2 Å². The molecule has 0 atom stereocenters. The highest BCUT2D eigenvalue weighted by Gasteiger charge is 2.32. The van der Waals surface area contributed by atoms with Crippen LogP contribution in [-0.4, -0.2) is 22.2 Å². The van der Waals surface area contributed by atoms with Gasteiger partial charge in [0.25, 0.3) is 0 Å². The maximum Gasteiger partial charge on any atom is 0.336 e. The Balaban J connectivity index is 2.80. The molecular formula is C19H20O4. The molecule has 0 radical (unpaired) electrons. The Hall–Kier alpha value is -2.62. The van der Waals surface area contributed by atoms with Gasteiger partial charge in [-0.05, 0) is 36.1 Å². The zero-order valence-corrected chi connectivity index (χ0v) is 13.7. The highest BCUT2D eigenvalue weighted by Crippen LogP contribution is 2.37. The van der Waals surface area contributed by atoms with Crippen LogP contribution in [0.1, 0.15) is 56.8 Å². The van der Waals surface area contributed by atoms with Gasteiger partial charge in [-0.25, -0.2) is 9.59 Å². The lowest BCUT2D eigenvalue weighted by molar-refractivity contribution is 0.0685. The third kappa shape index (κ3) is 2.84. The average Bonchev–Trinajstić information content (AvgIpc) is 2.45. The normalized spacial score (nSPS) is 11.3. The van der Waals surface area contributed by atoms with Crippen LogP contribution >= 0.6 is 0 Å². The monoisotopic (exact) mass is 312 g/mol. The van der Waals surface area contributed by atoms with Gasteiger partial charge in [-0.15, -0.1) is 0 Å². The van der Waals surface area contributed by atoms with Gasteiger partial charge in [0.1, 0.15) is 0 Å². The van der Waals surface area contributed by atoms with Crippen LogP contribution < -0.4 is 0 Å². The van der Waals surface area contributed by atoms with E-state index in [0.717, 1.165) is 0 Å². The third-order valence-electron chi connectivity index (χ3n) is 4.32. The van der Waals surface area contributed by atoms with Crippen molar-refractivity contribution in [1.82, 2.24) is 0 Å². The van der Waals surface area contributed by atoms with Crippen LogP contribution in [0.25, 0.3) is 0 Å². The summed E-state index contributed by atoms with van der Waals surface area (Å²) in [6, 6.07) is 10.6. The molecule has 0 heterocycles. The second-order valence-corrected chi connectivity index (χ2v) is 6.23. The number of benzene rings is 2. The molecule has 4 heteroatoms. The first-order chi connectivity index (χ1) is 10.7. The SMILES string of the molecule is Cc1cccc(C(C)(C)c2cccc(C)c2C(=O)O)c1C(=O)O. The number of carbonyl (C=O) groups is 2. The Bertz CT molecular complexity index is 722. The second-order valence-electron chi connectivity index (χ2n) is 6.23. The van der Waals surface area contributed by atoms with Crippen LogP contribution in [0.3, 0.4) is 0 Å². The van der Waals surface area contributed by atoms with E-state index >= 15 is 0 Å². The van der Waals surface area contributed by atoms with Gasteiger partial charge in [-0.1, -0.05) is 50.2 Å². The Labute approximate surface area is 135 Å². The Kier molecular flexibility index (Phi) is 4.28. The molecule has 0 saturated heterocycles. The molecule has 2 rings (SSSR count). The van der Waals surface area contributed by atoms with E-state index < -0.39 is 17.4 Å². The lowest BCUT2D eigenvalue weighted by Gasteiger charge is -2.30. The van der Waals surface area contributed by atoms with E-state index in [-0.39, 0.29) is 11.1 Å². The third-order valence-corrected chi connectivity index (χ3v) is 4.32. The van der Waals surface area contributed by atoms with E-state index in [9.17, 15) is 19.8 Å². The van der Waals surface area contributed by atoms with Crippen molar-refractivity contribution in [3.8, 4) is 0 Å². The summed E-state index contributed by atoms with van der Waals surface area (Å²) in [5, 5.41) is 19.1. The Morgan fingerprint density at radius 1 is 0.783 bits per heavy atom. The molecular weight excluding hydrogens is 292 g/mol. The minimum Gasteiger partial charge on any atom is -0.478 e. The highest BCUT2D eigenvalue weighted by atomic mass is 16.4. The summed E-state index contributed by atoms with van der Waals surface area (Å²) in [7, 11) is 0. The zero-order valence-electron chi connectivity index (χ0n) is 13.7. The van der Waals surface area contributed by atoms with Crippen molar-refractivity contribution in [2.45, 2.75) is 33.1 Å². The van der Waals surface area contributed by atoms with Crippen LogP contribution in [0.5, 0.6) is 0 Å². The predicted molar refractivity (Wildman–Crippen MR) is 88.4 cm³/mol. The summed E-state index contributed by atoms with van der Waals surface area (Å²) in [5.74, 6) is -2.01. The predicted octanol–water partition coefficient (Wildman–Crippen LogP) is 4.03. The molecule has 0 amide bonds. The van der Waals surface area contributed by atoms with Crippen molar-refractivity contribution < 1.29 is 19.8 Å². The second kappa shape index (κ2) is 5.88. The van der Waals surface area contributed by atoms with Crippen molar-refractivity contribution in [3.05, 3.63) is 69.8 Å². The summed E-state index contributed by atoms with van der Waals surface area (Å²) >= 11 is 0. The molecule has 0 fully saturated rings. The maximum absolute atomic E-state index is 11.7. The number of aryl methyl sites for hydroxylation is 2. The van der Waals surface area contributed by atoms with E-state index in [2.05, 4.69) is 0 Å². The standard InChI is InChI=1S/C19H20O4/c1-11-7-5-9-13(15(11)17(20)21)19(3,4)14-10-6-8-12(2)16(14)18(22)23/h5-10H,1-4H3,(H,20,21)(H,22,23). The van der Waals surface area contributed by atoms with Crippen molar-refractivity contribution in [3.63, 3.8) is 0 Å². The van der Waals surface area contributed by atoms with Gasteiger partial charge in [0, 0.05) is 5.41 Å². The van der Waals surface area contributed by atoms with Crippen LogP contribution in [0.2, 0.25) is 0 Å². The molecule has 0 aliphatic carbocycles. The average molecular weight is 312 g/mol. The van der Waals surface area contributed by atoms with E-state index in [1.807, 2.05) is 13.8 Å². The molecule has 0 bridgehead atoms. The summed E-state index contributed by atoms with van der Waals surface area (Å²) in [6.07, 6.45) is 0. The number of hydrogen-bond donors (Lipinski definition) is 2. The molecule has 0 unspecified atom stereocenters. The molecule has 2 aromatic carbocycles. The summed E-state index contributed by atoms with van der Waals surface area (Å²) < 4.78 is 0. The van der Waals surface area contributed by atoms with E-state index in [4.69, 9.17) is 0 Å². The first-order valence-corrected chi connectivity index (χ1v) is 7.34. The molecule has 0 aliphatic heterocycles. The molecule has 0 saturated carbocycles. The van der Waals surface area contributed by atoms with E-state index in [0.29, 0.717) is 22.3 Å². The topological polar surface area (TPSA) is 74.6 Å². The fourth-order valence-corrected chi connectivity index (χ4v) is 3.09. The maximum atomic E-state index is 11.7. The summed E-state index contributed by atoms with van der Waals surface area (Å²) in [5.41, 5.74) is 2.25. The Morgan fingerprint density at radius 3 is 1.43 bits per heavy atom. The quantitative estimate of drug-likeness (QED) is 0.894. The molecule has 0 spiro atoms. The number of carboxylic acids is 2. The molecule has 0 aliphatic rings. The number of rotatable bonds is 4. The van der Waals surface area contributed by atoms with E-state index in [1.165, 1.54) is 0 Å². The molecule has 2 aromatic rings. The van der Waals surface area contributed by atoms with Crippen molar-refractivity contribution in [2.75, 3.05) is 0 Å². The lowest BCUT2D eigenvalue weighted by Crippen LogP contribution is -2.26. The van der Waals surface area contributed by atoms with Crippen LogP contribution in [-0.2, 0) is 5.41 Å².